The monoisotopic (exact) mass is 470 g/mol. The smallest absolute Gasteiger partial charge is 0.228 e. The molecule has 0 atom stereocenters. The number of nitrogens with zero attached hydrogens (tertiary/aromatic N) is 4. The number of primary amides is 1. The molecular weight excluding hydrogens is 440 g/mol. The van der Waals surface area contributed by atoms with Crippen LogP contribution in [0.1, 0.15) is 37.8 Å². The molecule has 8 nitrogen and oxygen atoms in total. The molecule has 2 aromatic carbocycles. The number of hydrogen-bond acceptors (Lipinski definition) is 5. The number of likely N-dealkylation sites (N-methyl/N-ethyl adjacent to an activating group) is 1. The highest BCUT2D eigenvalue weighted by atomic mass is 16.2. The lowest BCUT2D eigenvalue weighted by atomic mass is 10.1. The summed E-state index contributed by atoms with van der Waals surface area (Å²) in [6, 6.07) is 14.5. The minimum absolute atomic E-state index is 0.0230. The molecule has 0 saturated heterocycles. The van der Waals surface area contributed by atoms with Crippen molar-refractivity contribution in [3.8, 4) is 22.8 Å². The first-order valence-electron chi connectivity index (χ1n) is 11.9. The van der Waals surface area contributed by atoms with Gasteiger partial charge in [-0.3, -0.25) is 14.6 Å². The third kappa shape index (κ3) is 6.29. The molecule has 2 aromatic heterocycles. The predicted molar refractivity (Wildman–Crippen MR) is 136 cm³/mol. The number of imidazole rings is 1. The summed E-state index contributed by atoms with van der Waals surface area (Å²) in [4.78, 5) is 42.1. The van der Waals surface area contributed by atoms with Gasteiger partial charge in [0.1, 0.15) is 5.69 Å². The molecule has 4 aromatic rings. The molecule has 0 aliphatic heterocycles. The zero-order chi connectivity index (χ0) is 24.6. The Balaban J connectivity index is 1.40. The number of unbranched alkanes of at least 4 members (excludes halogenated alkanes) is 3. The van der Waals surface area contributed by atoms with Crippen molar-refractivity contribution in [2.24, 2.45) is 5.73 Å². The van der Waals surface area contributed by atoms with Gasteiger partial charge in [0.2, 0.25) is 11.8 Å². The van der Waals surface area contributed by atoms with Crippen molar-refractivity contribution in [1.82, 2.24) is 24.8 Å². The average molecular weight is 471 g/mol. The molecule has 0 fully saturated rings. The standard InChI is InChI=1S/C27H30N6O2/c1-33(15-7-3-2-4-10-24(28)34)25(35)17-22-26(30-14-13-29-22)27-31-18-23(32-27)21-12-11-19-8-5-6-9-20(19)16-21/h5-6,8-9,11-14,16,18H,2-4,7,10,15,17H2,1H3,(H2,28,34)(H,31,32). The van der Waals surface area contributed by atoms with Crippen molar-refractivity contribution in [2.75, 3.05) is 13.6 Å². The lowest BCUT2D eigenvalue weighted by Crippen LogP contribution is -2.29. The van der Waals surface area contributed by atoms with E-state index in [1.807, 2.05) is 12.1 Å². The van der Waals surface area contributed by atoms with Crippen molar-refractivity contribution < 1.29 is 9.59 Å². The van der Waals surface area contributed by atoms with Crippen molar-refractivity contribution in [3.05, 3.63) is 66.7 Å². The molecule has 4 rings (SSSR count). The maximum Gasteiger partial charge on any atom is 0.228 e. The molecule has 8 heteroatoms. The lowest BCUT2D eigenvalue weighted by Gasteiger charge is -2.17. The Morgan fingerprint density at radius 3 is 2.54 bits per heavy atom. The van der Waals surface area contributed by atoms with E-state index in [9.17, 15) is 9.59 Å². The number of carbonyl (C=O) groups is 2. The van der Waals surface area contributed by atoms with Crippen LogP contribution in [0, 0.1) is 0 Å². The molecule has 180 valence electrons. The van der Waals surface area contributed by atoms with E-state index in [1.54, 1.807) is 30.5 Å². The average Bonchev–Trinajstić information content (AvgIpc) is 3.36. The highest BCUT2D eigenvalue weighted by Gasteiger charge is 2.17. The SMILES string of the molecule is CN(CCCCCCC(N)=O)C(=O)Cc1nccnc1-c1ncc(-c2ccc3ccccc3c2)[nH]1. The van der Waals surface area contributed by atoms with Crippen LogP contribution in [0.15, 0.2) is 61.1 Å². The van der Waals surface area contributed by atoms with Gasteiger partial charge < -0.3 is 15.6 Å². The number of aromatic amines is 1. The fourth-order valence-corrected chi connectivity index (χ4v) is 4.04. The van der Waals surface area contributed by atoms with Gasteiger partial charge in [-0.05, 0) is 29.7 Å². The molecule has 2 amide bonds. The topological polar surface area (TPSA) is 118 Å². The van der Waals surface area contributed by atoms with Crippen molar-refractivity contribution in [2.45, 2.75) is 38.5 Å². The predicted octanol–water partition coefficient (Wildman–Crippen LogP) is 4.12. The highest BCUT2D eigenvalue weighted by Crippen LogP contribution is 2.26. The quantitative estimate of drug-likeness (QED) is 0.320. The molecule has 0 aliphatic carbocycles. The summed E-state index contributed by atoms with van der Waals surface area (Å²) < 4.78 is 0. The number of benzene rings is 2. The summed E-state index contributed by atoms with van der Waals surface area (Å²) in [5.74, 6) is 0.296. The van der Waals surface area contributed by atoms with Gasteiger partial charge in [0.25, 0.3) is 0 Å². The summed E-state index contributed by atoms with van der Waals surface area (Å²) in [5.41, 5.74) is 8.23. The Hall–Kier alpha value is -4.07. The van der Waals surface area contributed by atoms with Gasteiger partial charge in [-0.2, -0.15) is 0 Å². The molecule has 35 heavy (non-hydrogen) atoms. The van der Waals surface area contributed by atoms with Crippen LogP contribution >= 0.6 is 0 Å². The van der Waals surface area contributed by atoms with Crippen LogP contribution in [0.3, 0.4) is 0 Å². The summed E-state index contributed by atoms with van der Waals surface area (Å²) in [6.45, 7) is 0.651. The summed E-state index contributed by atoms with van der Waals surface area (Å²) in [5, 5.41) is 2.34. The van der Waals surface area contributed by atoms with E-state index in [-0.39, 0.29) is 18.2 Å². The van der Waals surface area contributed by atoms with Crippen LogP contribution in [0.25, 0.3) is 33.5 Å². The van der Waals surface area contributed by atoms with E-state index in [2.05, 4.69) is 50.3 Å². The van der Waals surface area contributed by atoms with Crippen molar-refractivity contribution in [1.29, 1.82) is 0 Å². The zero-order valence-electron chi connectivity index (χ0n) is 19.9. The minimum atomic E-state index is -0.266. The van der Waals surface area contributed by atoms with E-state index in [0.29, 0.717) is 30.2 Å². The lowest BCUT2D eigenvalue weighted by molar-refractivity contribution is -0.129. The van der Waals surface area contributed by atoms with Crippen LogP contribution < -0.4 is 5.73 Å². The Morgan fingerprint density at radius 1 is 0.943 bits per heavy atom. The number of fused-ring (bicyclic) bond motifs is 1. The van der Waals surface area contributed by atoms with Crippen LogP contribution in [-0.4, -0.2) is 50.2 Å². The van der Waals surface area contributed by atoms with E-state index in [0.717, 1.165) is 42.3 Å². The molecule has 0 unspecified atom stereocenters. The number of nitrogens with one attached hydrogen (secondary N) is 1. The molecule has 3 N–H and O–H groups in total. The summed E-state index contributed by atoms with van der Waals surface area (Å²) >= 11 is 0. The van der Waals surface area contributed by atoms with Gasteiger partial charge in [0.15, 0.2) is 5.82 Å². The first kappa shape index (κ1) is 24.1. The third-order valence-corrected chi connectivity index (χ3v) is 6.05. The molecule has 0 saturated carbocycles. The number of aromatic nitrogens is 4. The Morgan fingerprint density at radius 2 is 1.71 bits per heavy atom. The molecular formula is C27H30N6O2. The molecule has 0 bridgehead atoms. The molecule has 0 aliphatic rings. The summed E-state index contributed by atoms with van der Waals surface area (Å²) in [6.07, 6.45) is 9.09. The first-order valence-corrected chi connectivity index (χ1v) is 11.9. The van der Waals surface area contributed by atoms with Crippen LogP contribution in [0.2, 0.25) is 0 Å². The second kappa shape index (κ2) is 11.4. The van der Waals surface area contributed by atoms with E-state index < -0.39 is 0 Å². The number of amides is 2. The van der Waals surface area contributed by atoms with Gasteiger partial charge >= 0.3 is 0 Å². The summed E-state index contributed by atoms with van der Waals surface area (Å²) in [7, 11) is 1.80. The van der Waals surface area contributed by atoms with Crippen LogP contribution in [-0.2, 0) is 16.0 Å². The van der Waals surface area contributed by atoms with Gasteiger partial charge in [0, 0.05) is 38.0 Å². The zero-order valence-corrected chi connectivity index (χ0v) is 19.9. The number of nitrogens with two attached hydrogens (primary N) is 1. The first-order chi connectivity index (χ1) is 17.0. The second-order valence-corrected chi connectivity index (χ2v) is 8.68. The van der Waals surface area contributed by atoms with Crippen molar-refractivity contribution in [3.63, 3.8) is 0 Å². The Bertz CT molecular complexity index is 1320. The van der Waals surface area contributed by atoms with Crippen molar-refractivity contribution >= 4 is 22.6 Å². The number of carbonyl (C=O) groups excluding carboxylic acids is 2. The Labute approximate surface area is 204 Å². The maximum atomic E-state index is 12.8. The highest BCUT2D eigenvalue weighted by molar-refractivity contribution is 5.87. The number of hydrogen-bond donors (Lipinski definition) is 2. The second-order valence-electron chi connectivity index (χ2n) is 8.68. The molecule has 0 radical (unpaired) electrons. The normalized spacial score (nSPS) is 11.0. The van der Waals surface area contributed by atoms with Gasteiger partial charge in [-0.15, -0.1) is 0 Å². The van der Waals surface area contributed by atoms with Crippen LogP contribution in [0.4, 0.5) is 0 Å². The van der Waals surface area contributed by atoms with Gasteiger partial charge in [-0.25, -0.2) is 9.97 Å². The third-order valence-electron chi connectivity index (χ3n) is 6.05. The van der Waals surface area contributed by atoms with Gasteiger partial charge in [0.05, 0.1) is 24.0 Å². The van der Waals surface area contributed by atoms with E-state index in [1.165, 1.54) is 5.39 Å². The number of rotatable bonds is 11. The Kier molecular flexibility index (Phi) is 7.82. The number of H-pyrrole nitrogens is 1. The van der Waals surface area contributed by atoms with E-state index in [4.69, 9.17) is 5.73 Å². The largest absolute Gasteiger partial charge is 0.370 e. The van der Waals surface area contributed by atoms with E-state index >= 15 is 0 Å². The van der Waals surface area contributed by atoms with Gasteiger partial charge in [-0.1, -0.05) is 49.2 Å². The minimum Gasteiger partial charge on any atom is -0.370 e. The maximum absolute atomic E-state index is 12.8. The van der Waals surface area contributed by atoms with Crippen LogP contribution in [0.5, 0.6) is 0 Å². The molecule has 2 heterocycles. The molecule has 0 spiro atoms. The fraction of sp³-hybridized carbons (Fsp3) is 0.296. The fourth-order valence-electron chi connectivity index (χ4n) is 4.04.